The molecule has 1 N–H and O–H groups in total. The summed E-state index contributed by atoms with van der Waals surface area (Å²) in [6, 6.07) is 12.9. The number of hydrogen-bond acceptors (Lipinski definition) is 3. The predicted octanol–water partition coefficient (Wildman–Crippen LogP) is 2.92. The molecule has 2 heterocycles. The molecular formula is C15H13ClN2O2. The van der Waals surface area contributed by atoms with E-state index in [4.69, 9.17) is 16.3 Å². The maximum absolute atomic E-state index is 12.2. The molecule has 1 aliphatic rings. The second kappa shape index (κ2) is 5.51. The number of hydrogen-bond donors (Lipinski definition) is 1. The Balaban J connectivity index is 1.70. The Kier molecular flexibility index (Phi) is 3.56. The van der Waals surface area contributed by atoms with Gasteiger partial charge in [0.15, 0.2) is 0 Å². The molecule has 1 aromatic heterocycles. The van der Waals surface area contributed by atoms with E-state index < -0.39 is 0 Å². The first kappa shape index (κ1) is 12.9. The second-order valence-electron chi connectivity index (χ2n) is 4.65. The Bertz CT molecular complexity index is 645. The molecular weight excluding hydrogens is 276 g/mol. The average Bonchev–Trinajstić information content (AvgIpc) is 2.47. The lowest BCUT2D eigenvalue weighted by Crippen LogP contribution is -2.32. The SMILES string of the molecule is O=C(Nc1cccc(Cl)n1)C1COc2ccccc2C1. The van der Waals surface area contributed by atoms with Gasteiger partial charge < -0.3 is 10.1 Å². The van der Waals surface area contributed by atoms with Crippen molar-refractivity contribution in [2.24, 2.45) is 5.92 Å². The molecule has 0 saturated heterocycles. The molecule has 1 aromatic carbocycles. The molecule has 0 fully saturated rings. The van der Waals surface area contributed by atoms with E-state index in [0.717, 1.165) is 11.3 Å². The predicted molar refractivity (Wildman–Crippen MR) is 77.0 cm³/mol. The Hall–Kier alpha value is -2.07. The molecule has 0 radical (unpaired) electrons. The van der Waals surface area contributed by atoms with E-state index >= 15 is 0 Å². The lowest BCUT2D eigenvalue weighted by atomic mass is 9.96. The molecule has 0 aliphatic carbocycles. The van der Waals surface area contributed by atoms with Crippen LogP contribution in [0.3, 0.4) is 0 Å². The van der Waals surface area contributed by atoms with E-state index in [-0.39, 0.29) is 11.8 Å². The number of fused-ring (bicyclic) bond motifs is 1. The van der Waals surface area contributed by atoms with Crippen LogP contribution in [0, 0.1) is 5.92 Å². The normalized spacial score (nSPS) is 16.9. The van der Waals surface area contributed by atoms with Crippen LogP contribution in [0.5, 0.6) is 5.75 Å². The first-order chi connectivity index (χ1) is 9.72. The summed E-state index contributed by atoms with van der Waals surface area (Å²) in [5.41, 5.74) is 1.05. The largest absolute Gasteiger partial charge is 0.492 e. The van der Waals surface area contributed by atoms with Crippen molar-refractivity contribution in [3.05, 3.63) is 53.2 Å². The molecule has 1 aliphatic heterocycles. The monoisotopic (exact) mass is 288 g/mol. The zero-order valence-electron chi connectivity index (χ0n) is 10.7. The van der Waals surface area contributed by atoms with Crippen molar-refractivity contribution < 1.29 is 9.53 Å². The number of rotatable bonds is 2. The lowest BCUT2D eigenvalue weighted by molar-refractivity contribution is -0.121. The summed E-state index contributed by atoms with van der Waals surface area (Å²) in [5, 5.41) is 3.12. The quantitative estimate of drug-likeness (QED) is 0.865. The van der Waals surface area contributed by atoms with Crippen LogP contribution in [0.4, 0.5) is 5.82 Å². The minimum atomic E-state index is -0.217. The molecule has 0 bridgehead atoms. The first-order valence-corrected chi connectivity index (χ1v) is 6.74. The number of nitrogens with zero attached hydrogens (tertiary/aromatic N) is 1. The third kappa shape index (κ3) is 2.75. The highest BCUT2D eigenvalue weighted by molar-refractivity contribution is 6.29. The van der Waals surface area contributed by atoms with E-state index in [1.165, 1.54) is 0 Å². The van der Waals surface area contributed by atoms with Gasteiger partial charge in [-0.1, -0.05) is 35.9 Å². The minimum absolute atomic E-state index is 0.103. The van der Waals surface area contributed by atoms with Crippen LogP contribution in [0.15, 0.2) is 42.5 Å². The number of nitrogens with one attached hydrogen (secondary N) is 1. The summed E-state index contributed by atoms with van der Waals surface area (Å²) in [6.45, 7) is 0.378. The fourth-order valence-corrected chi connectivity index (χ4v) is 2.37. The summed E-state index contributed by atoms with van der Waals surface area (Å²) < 4.78 is 5.61. The highest BCUT2D eigenvalue weighted by Crippen LogP contribution is 2.27. The number of halogens is 1. The van der Waals surface area contributed by atoms with Gasteiger partial charge in [0.05, 0.1) is 5.92 Å². The molecule has 0 spiro atoms. The number of carbonyl (C=O) groups is 1. The molecule has 3 rings (SSSR count). The number of amides is 1. The minimum Gasteiger partial charge on any atom is -0.492 e. The smallest absolute Gasteiger partial charge is 0.232 e. The van der Waals surface area contributed by atoms with Crippen molar-refractivity contribution in [1.82, 2.24) is 4.98 Å². The van der Waals surface area contributed by atoms with Crippen molar-refractivity contribution in [2.45, 2.75) is 6.42 Å². The van der Waals surface area contributed by atoms with Gasteiger partial charge in [-0.2, -0.15) is 0 Å². The summed E-state index contributed by atoms with van der Waals surface area (Å²) in [4.78, 5) is 16.3. The van der Waals surface area contributed by atoms with Gasteiger partial charge in [-0.25, -0.2) is 4.98 Å². The third-order valence-corrected chi connectivity index (χ3v) is 3.43. The highest BCUT2D eigenvalue weighted by atomic mass is 35.5. The van der Waals surface area contributed by atoms with Crippen molar-refractivity contribution in [3.8, 4) is 5.75 Å². The van der Waals surface area contributed by atoms with E-state index in [2.05, 4.69) is 10.3 Å². The first-order valence-electron chi connectivity index (χ1n) is 6.36. The number of aromatic nitrogens is 1. The standard InChI is InChI=1S/C15H13ClN2O2/c16-13-6-3-7-14(17-13)18-15(19)11-8-10-4-1-2-5-12(10)20-9-11/h1-7,11H,8-9H2,(H,17,18,19). The van der Waals surface area contributed by atoms with Gasteiger partial charge >= 0.3 is 0 Å². The van der Waals surface area contributed by atoms with Gasteiger partial charge in [-0.15, -0.1) is 0 Å². The maximum atomic E-state index is 12.2. The molecule has 1 amide bonds. The van der Waals surface area contributed by atoms with Crippen LogP contribution in [-0.4, -0.2) is 17.5 Å². The van der Waals surface area contributed by atoms with Crippen LogP contribution in [0.2, 0.25) is 5.15 Å². The molecule has 5 heteroatoms. The number of pyridine rings is 1. The van der Waals surface area contributed by atoms with Crippen molar-refractivity contribution in [1.29, 1.82) is 0 Å². The van der Waals surface area contributed by atoms with Crippen LogP contribution in [-0.2, 0) is 11.2 Å². The fourth-order valence-electron chi connectivity index (χ4n) is 2.20. The number of ether oxygens (including phenoxy) is 1. The Labute approximate surface area is 121 Å². The van der Waals surface area contributed by atoms with Crippen LogP contribution in [0.25, 0.3) is 0 Å². The van der Waals surface area contributed by atoms with Crippen LogP contribution >= 0.6 is 11.6 Å². The van der Waals surface area contributed by atoms with Gasteiger partial charge in [0, 0.05) is 0 Å². The van der Waals surface area contributed by atoms with Crippen molar-refractivity contribution in [3.63, 3.8) is 0 Å². The summed E-state index contributed by atoms with van der Waals surface area (Å²) in [6.07, 6.45) is 0.669. The maximum Gasteiger partial charge on any atom is 0.232 e. The summed E-state index contributed by atoms with van der Waals surface area (Å²) >= 11 is 5.79. The van der Waals surface area contributed by atoms with Gasteiger partial charge in [-0.3, -0.25) is 4.79 Å². The average molecular weight is 289 g/mol. The molecule has 1 atom stereocenters. The van der Waals surface area contributed by atoms with Crippen LogP contribution < -0.4 is 10.1 Å². The van der Waals surface area contributed by atoms with Crippen molar-refractivity contribution >= 4 is 23.3 Å². The van der Waals surface area contributed by atoms with Crippen molar-refractivity contribution in [2.75, 3.05) is 11.9 Å². The molecule has 20 heavy (non-hydrogen) atoms. The zero-order chi connectivity index (χ0) is 13.9. The third-order valence-electron chi connectivity index (χ3n) is 3.22. The topological polar surface area (TPSA) is 51.2 Å². The molecule has 2 aromatic rings. The van der Waals surface area contributed by atoms with Gasteiger partial charge in [0.2, 0.25) is 5.91 Å². The Morgan fingerprint density at radius 1 is 1.25 bits per heavy atom. The Morgan fingerprint density at radius 2 is 2.10 bits per heavy atom. The second-order valence-corrected chi connectivity index (χ2v) is 5.04. The zero-order valence-corrected chi connectivity index (χ0v) is 11.4. The van der Waals surface area contributed by atoms with Gasteiger partial charge in [0.1, 0.15) is 23.3 Å². The van der Waals surface area contributed by atoms with E-state index in [9.17, 15) is 4.79 Å². The van der Waals surface area contributed by atoms with E-state index in [1.807, 2.05) is 24.3 Å². The number of anilines is 1. The highest BCUT2D eigenvalue weighted by Gasteiger charge is 2.25. The van der Waals surface area contributed by atoms with Crippen LogP contribution in [0.1, 0.15) is 5.56 Å². The lowest BCUT2D eigenvalue weighted by Gasteiger charge is -2.24. The fraction of sp³-hybridized carbons (Fsp3) is 0.200. The molecule has 102 valence electrons. The van der Waals surface area contributed by atoms with E-state index in [0.29, 0.717) is 24.0 Å². The number of carbonyl (C=O) groups excluding carboxylic acids is 1. The number of para-hydroxylation sites is 1. The molecule has 0 saturated carbocycles. The number of benzene rings is 1. The Morgan fingerprint density at radius 3 is 2.95 bits per heavy atom. The summed E-state index contributed by atoms with van der Waals surface area (Å²) in [5.74, 6) is 0.999. The van der Waals surface area contributed by atoms with Gasteiger partial charge in [-0.05, 0) is 30.2 Å². The molecule has 4 nitrogen and oxygen atoms in total. The summed E-state index contributed by atoms with van der Waals surface area (Å²) in [7, 11) is 0. The van der Waals surface area contributed by atoms with E-state index in [1.54, 1.807) is 18.2 Å². The molecule has 1 unspecified atom stereocenters. The van der Waals surface area contributed by atoms with Gasteiger partial charge in [0.25, 0.3) is 0 Å².